The van der Waals surface area contributed by atoms with Crippen molar-refractivity contribution in [3.05, 3.63) is 5.69 Å². The molecule has 0 aromatic carbocycles. The molecule has 8 nitrogen and oxygen atoms in total. The molecule has 0 fully saturated rings. The van der Waals surface area contributed by atoms with Crippen LogP contribution in [0.25, 0.3) is 11.2 Å². The predicted octanol–water partition coefficient (Wildman–Crippen LogP) is 0.848. The van der Waals surface area contributed by atoms with Crippen molar-refractivity contribution in [2.24, 2.45) is 0 Å². The van der Waals surface area contributed by atoms with E-state index in [1.165, 1.54) is 0 Å². The molecule has 0 saturated carbocycles. The second-order valence-electron chi connectivity index (χ2n) is 3.27. The van der Waals surface area contributed by atoms with Gasteiger partial charge in [0.25, 0.3) is 6.01 Å². The van der Waals surface area contributed by atoms with Crippen molar-refractivity contribution in [1.29, 1.82) is 0 Å². The minimum absolute atomic E-state index is 0.0167. The molecular formula is C10H12N4O4. The number of aromatic nitrogens is 4. The van der Waals surface area contributed by atoms with E-state index in [1.54, 1.807) is 13.8 Å². The quantitative estimate of drug-likeness (QED) is 0.811. The molecule has 0 amide bonds. The van der Waals surface area contributed by atoms with Crippen LogP contribution in [0.2, 0.25) is 0 Å². The van der Waals surface area contributed by atoms with Crippen LogP contribution in [0.1, 0.15) is 24.3 Å². The lowest BCUT2D eigenvalue weighted by Gasteiger charge is -2.01. The lowest BCUT2D eigenvalue weighted by atomic mass is 10.3. The van der Waals surface area contributed by atoms with Gasteiger partial charge in [0.1, 0.15) is 5.52 Å². The number of ether oxygens (including phenoxy) is 2. The molecular weight excluding hydrogens is 240 g/mol. The summed E-state index contributed by atoms with van der Waals surface area (Å²) in [5.41, 5.74) is 0.227. The number of hydrogen-bond donors (Lipinski definition) is 2. The van der Waals surface area contributed by atoms with Gasteiger partial charge in [-0.3, -0.25) is 0 Å². The van der Waals surface area contributed by atoms with Crippen molar-refractivity contribution in [2.75, 3.05) is 13.2 Å². The van der Waals surface area contributed by atoms with Crippen molar-refractivity contribution < 1.29 is 19.4 Å². The van der Waals surface area contributed by atoms with E-state index < -0.39 is 5.97 Å². The summed E-state index contributed by atoms with van der Waals surface area (Å²) in [5.74, 6) is -1.19. The Kier molecular flexibility index (Phi) is 3.26. The number of fused-ring (bicyclic) bond motifs is 1. The fraction of sp³-hybridized carbons (Fsp3) is 0.400. The maximum absolute atomic E-state index is 11.1. The molecule has 0 unspecified atom stereocenters. The second-order valence-corrected chi connectivity index (χ2v) is 3.27. The summed E-state index contributed by atoms with van der Waals surface area (Å²) in [4.78, 5) is 25.6. The number of imidazole rings is 1. The normalized spacial score (nSPS) is 10.6. The van der Waals surface area contributed by atoms with Gasteiger partial charge in [-0.05, 0) is 13.8 Å². The van der Waals surface area contributed by atoms with E-state index in [-0.39, 0.29) is 28.9 Å². The Hall–Kier alpha value is -2.38. The largest absolute Gasteiger partial charge is 0.476 e. The van der Waals surface area contributed by atoms with Gasteiger partial charge >= 0.3 is 12.0 Å². The number of rotatable bonds is 5. The average Bonchev–Trinajstić information content (AvgIpc) is 2.71. The molecule has 2 aromatic rings. The van der Waals surface area contributed by atoms with Gasteiger partial charge in [-0.2, -0.15) is 15.0 Å². The molecule has 0 aliphatic rings. The molecule has 0 saturated heterocycles. The van der Waals surface area contributed by atoms with E-state index in [0.717, 1.165) is 0 Å². The highest BCUT2D eigenvalue weighted by Crippen LogP contribution is 2.19. The molecule has 0 atom stereocenters. The van der Waals surface area contributed by atoms with Gasteiger partial charge in [-0.1, -0.05) is 0 Å². The third kappa shape index (κ3) is 2.17. The summed E-state index contributed by atoms with van der Waals surface area (Å²) in [6.45, 7) is 4.30. The van der Waals surface area contributed by atoms with Gasteiger partial charge in [0, 0.05) is 0 Å². The molecule has 2 N–H and O–H groups in total. The Labute approximate surface area is 102 Å². The molecule has 8 heteroatoms. The first-order valence-electron chi connectivity index (χ1n) is 5.42. The zero-order chi connectivity index (χ0) is 13.1. The van der Waals surface area contributed by atoms with E-state index in [9.17, 15) is 4.79 Å². The van der Waals surface area contributed by atoms with Gasteiger partial charge in [-0.25, -0.2) is 4.79 Å². The molecule has 2 aromatic heterocycles. The third-order valence-electron chi connectivity index (χ3n) is 2.07. The monoisotopic (exact) mass is 252 g/mol. The highest BCUT2D eigenvalue weighted by molar-refractivity contribution is 5.98. The van der Waals surface area contributed by atoms with Gasteiger partial charge in [0.05, 0.1) is 13.2 Å². The summed E-state index contributed by atoms with van der Waals surface area (Å²) >= 11 is 0. The smallest absolute Gasteiger partial charge is 0.357 e. The fourth-order valence-corrected chi connectivity index (χ4v) is 1.41. The number of carboxylic acid groups (broad SMARTS) is 1. The van der Waals surface area contributed by atoms with Crippen LogP contribution < -0.4 is 9.47 Å². The van der Waals surface area contributed by atoms with Crippen molar-refractivity contribution >= 4 is 17.1 Å². The first kappa shape index (κ1) is 12.1. The van der Waals surface area contributed by atoms with Gasteiger partial charge < -0.3 is 19.6 Å². The molecule has 0 aliphatic carbocycles. The maximum Gasteiger partial charge on any atom is 0.357 e. The van der Waals surface area contributed by atoms with E-state index in [4.69, 9.17) is 14.6 Å². The van der Waals surface area contributed by atoms with Gasteiger partial charge in [0.15, 0.2) is 11.3 Å². The summed E-state index contributed by atoms with van der Waals surface area (Å²) in [5, 5.41) is 9.08. The van der Waals surface area contributed by atoms with Gasteiger partial charge in [0.2, 0.25) is 0 Å². The Morgan fingerprint density at radius 1 is 1.22 bits per heavy atom. The number of nitrogens with one attached hydrogen (secondary N) is 1. The Balaban J connectivity index is 2.57. The van der Waals surface area contributed by atoms with E-state index >= 15 is 0 Å². The van der Waals surface area contributed by atoms with Gasteiger partial charge in [-0.15, -0.1) is 0 Å². The van der Waals surface area contributed by atoms with Crippen LogP contribution >= 0.6 is 0 Å². The number of H-pyrrole nitrogens is 1. The average molecular weight is 252 g/mol. The lowest BCUT2D eigenvalue weighted by molar-refractivity contribution is 0.0691. The summed E-state index contributed by atoms with van der Waals surface area (Å²) < 4.78 is 10.3. The standard InChI is InChI=1S/C10H12N4O4/c1-3-17-9-11-5-6(8(15)16)12-10(18-4-2)14-7(5)13-9/h3-4H2,1-2H3,(H,15,16)(H,11,12,13,14). The van der Waals surface area contributed by atoms with E-state index in [1.807, 2.05) is 0 Å². The molecule has 0 spiro atoms. The van der Waals surface area contributed by atoms with Crippen LogP contribution in [0, 0.1) is 0 Å². The third-order valence-corrected chi connectivity index (χ3v) is 2.07. The minimum Gasteiger partial charge on any atom is -0.476 e. The van der Waals surface area contributed by atoms with Crippen LogP contribution in [0.5, 0.6) is 12.0 Å². The zero-order valence-corrected chi connectivity index (χ0v) is 9.93. The second kappa shape index (κ2) is 4.86. The number of aromatic amines is 1. The van der Waals surface area contributed by atoms with Crippen molar-refractivity contribution in [3.8, 4) is 12.0 Å². The molecule has 96 valence electrons. The molecule has 0 bridgehead atoms. The Morgan fingerprint density at radius 3 is 2.56 bits per heavy atom. The number of hydrogen-bond acceptors (Lipinski definition) is 6. The topological polar surface area (TPSA) is 110 Å². The number of aromatic carboxylic acids is 1. The lowest BCUT2D eigenvalue weighted by Crippen LogP contribution is -2.06. The summed E-state index contributed by atoms with van der Waals surface area (Å²) in [6, 6.07) is 0.190. The van der Waals surface area contributed by atoms with Crippen LogP contribution in [0.3, 0.4) is 0 Å². The van der Waals surface area contributed by atoms with Crippen molar-refractivity contribution in [1.82, 2.24) is 19.9 Å². The van der Waals surface area contributed by atoms with Crippen LogP contribution in [-0.2, 0) is 0 Å². The Morgan fingerprint density at radius 2 is 1.94 bits per heavy atom. The molecule has 0 radical (unpaired) electrons. The highest BCUT2D eigenvalue weighted by Gasteiger charge is 2.18. The highest BCUT2D eigenvalue weighted by atomic mass is 16.5. The van der Waals surface area contributed by atoms with E-state index in [2.05, 4.69) is 19.9 Å². The number of carboxylic acids is 1. The first-order valence-corrected chi connectivity index (χ1v) is 5.42. The van der Waals surface area contributed by atoms with E-state index in [0.29, 0.717) is 13.2 Å². The zero-order valence-electron chi connectivity index (χ0n) is 9.93. The molecule has 0 aliphatic heterocycles. The maximum atomic E-state index is 11.1. The predicted molar refractivity (Wildman–Crippen MR) is 61.0 cm³/mol. The van der Waals surface area contributed by atoms with Crippen LogP contribution in [0.15, 0.2) is 0 Å². The summed E-state index contributed by atoms with van der Waals surface area (Å²) in [6.07, 6.45) is 0. The van der Waals surface area contributed by atoms with Crippen LogP contribution in [0.4, 0.5) is 0 Å². The molecule has 2 rings (SSSR count). The molecule has 18 heavy (non-hydrogen) atoms. The minimum atomic E-state index is -1.19. The SMILES string of the molecule is CCOc1nc(C(=O)O)c2[nH]c(OCC)nc2n1. The van der Waals surface area contributed by atoms with Crippen LogP contribution in [-0.4, -0.2) is 44.2 Å². The first-order chi connectivity index (χ1) is 8.65. The van der Waals surface area contributed by atoms with Crippen molar-refractivity contribution in [2.45, 2.75) is 13.8 Å². The van der Waals surface area contributed by atoms with Crippen molar-refractivity contribution in [3.63, 3.8) is 0 Å². The fourth-order valence-electron chi connectivity index (χ4n) is 1.41. The number of nitrogens with zero attached hydrogens (tertiary/aromatic N) is 3. The summed E-state index contributed by atoms with van der Waals surface area (Å²) in [7, 11) is 0. The Bertz CT molecular complexity index is 581. The molecule has 2 heterocycles. The number of carbonyl (C=O) groups is 1.